The van der Waals surface area contributed by atoms with Gasteiger partial charge in [0, 0.05) is 17.9 Å². The Morgan fingerprint density at radius 1 is 1.38 bits per heavy atom. The maximum absolute atomic E-state index is 5.62. The summed E-state index contributed by atoms with van der Waals surface area (Å²) in [5.74, 6) is 0.851. The highest BCUT2D eigenvalue weighted by Crippen LogP contribution is 2.19. The molecule has 1 atom stereocenters. The zero-order valence-corrected chi connectivity index (χ0v) is 11.3. The van der Waals surface area contributed by atoms with E-state index in [4.69, 9.17) is 17.0 Å². The van der Waals surface area contributed by atoms with E-state index in [1.807, 2.05) is 13.8 Å². The van der Waals surface area contributed by atoms with E-state index in [-0.39, 0.29) is 6.10 Å². The van der Waals surface area contributed by atoms with E-state index >= 15 is 0 Å². The molecule has 90 valence electrons. The first-order valence-electron chi connectivity index (χ1n) is 5.85. The quantitative estimate of drug-likeness (QED) is 0.800. The maximum Gasteiger partial charge on any atom is 0.137 e. The number of aromatic amines is 1. The Morgan fingerprint density at radius 3 is 2.50 bits per heavy atom. The highest BCUT2D eigenvalue weighted by molar-refractivity contribution is 7.71. The van der Waals surface area contributed by atoms with Crippen LogP contribution < -0.4 is 0 Å². The zero-order chi connectivity index (χ0) is 12.1. The van der Waals surface area contributed by atoms with Gasteiger partial charge in [0.15, 0.2) is 0 Å². The molecule has 0 fully saturated rings. The molecule has 0 aliphatic rings. The Kier molecular flexibility index (Phi) is 5.09. The average molecular weight is 240 g/mol. The topological polar surface area (TPSA) is 37.9 Å². The monoisotopic (exact) mass is 240 g/mol. The third kappa shape index (κ3) is 2.89. The Balaban J connectivity index is 3.11. The van der Waals surface area contributed by atoms with Gasteiger partial charge in [-0.25, -0.2) is 4.98 Å². The number of hydrogen-bond acceptors (Lipinski definition) is 3. The van der Waals surface area contributed by atoms with Crippen LogP contribution >= 0.6 is 12.2 Å². The summed E-state index contributed by atoms with van der Waals surface area (Å²) < 4.78 is 6.32. The first-order chi connectivity index (χ1) is 7.63. The van der Waals surface area contributed by atoms with E-state index in [1.54, 1.807) is 0 Å². The lowest BCUT2D eigenvalue weighted by Gasteiger charge is -2.16. The summed E-state index contributed by atoms with van der Waals surface area (Å²) >= 11 is 5.29. The molecule has 0 aliphatic heterocycles. The SMILES string of the molecule is CCOC(CC)c1nc(=S)c(CC)c(C)[nH]1. The van der Waals surface area contributed by atoms with Crippen molar-refractivity contribution in [1.29, 1.82) is 0 Å². The molecule has 1 heterocycles. The maximum atomic E-state index is 5.62. The Hall–Kier alpha value is -0.740. The molecule has 0 radical (unpaired) electrons. The molecule has 0 bridgehead atoms. The number of nitrogens with one attached hydrogen (secondary N) is 1. The van der Waals surface area contributed by atoms with Gasteiger partial charge in [0.1, 0.15) is 16.6 Å². The van der Waals surface area contributed by atoms with Crippen LogP contribution in [0.15, 0.2) is 0 Å². The largest absolute Gasteiger partial charge is 0.371 e. The summed E-state index contributed by atoms with van der Waals surface area (Å²) in [6.07, 6.45) is 1.84. The van der Waals surface area contributed by atoms with E-state index in [0.717, 1.165) is 29.9 Å². The molecular weight excluding hydrogens is 220 g/mol. The fourth-order valence-electron chi connectivity index (χ4n) is 1.79. The molecule has 0 aromatic carbocycles. The first kappa shape index (κ1) is 13.3. The number of nitrogens with zero attached hydrogens (tertiary/aromatic N) is 1. The van der Waals surface area contributed by atoms with Gasteiger partial charge in [0.25, 0.3) is 0 Å². The number of hydrogen-bond donors (Lipinski definition) is 1. The highest BCUT2D eigenvalue weighted by atomic mass is 32.1. The lowest BCUT2D eigenvalue weighted by atomic mass is 10.2. The molecule has 3 nitrogen and oxygen atoms in total. The minimum absolute atomic E-state index is 0.0244. The van der Waals surface area contributed by atoms with Crippen molar-refractivity contribution < 1.29 is 4.74 Å². The summed E-state index contributed by atoms with van der Waals surface area (Å²) in [5, 5.41) is 0. The number of ether oxygens (including phenoxy) is 1. The lowest BCUT2D eigenvalue weighted by Crippen LogP contribution is -2.10. The van der Waals surface area contributed by atoms with Gasteiger partial charge in [0.2, 0.25) is 0 Å². The Labute approximate surface area is 102 Å². The molecule has 0 amide bonds. The fraction of sp³-hybridized carbons (Fsp3) is 0.667. The van der Waals surface area contributed by atoms with Gasteiger partial charge in [-0.05, 0) is 26.7 Å². The van der Waals surface area contributed by atoms with Crippen molar-refractivity contribution in [2.45, 2.75) is 46.6 Å². The smallest absolute Gasteiger partial charge is 0.137 e. The van der Waals surface area contributed by atoms with E-state index in [0.29, 0.717) is 11.2 Å². The van der Waals surface area contributed by atoms with E-state index in [9.17, 15) is 0 Å². The van der Waals surface area contributed by atoms with Gasteiger partial charge in [0.05, 0.1) is 0 Å². The zero-order valence-electron chi connectivity index (χ0n) is 10.5. The first-order valence-corrected chi connectivity index (χ1v) is 6.26. The standard InChI is InChI=1S/C12H20N2OS/c1-5-9-8(4)13-11(14-12(9)16)10(6-2)15-7-3/h10H,5-7H2,1-4H3,(H,13,14,16). The Morgan fingerprint density at radius 2 is 2.06 bits per heavy atom. The van der Waals surface area contributed by atoms with E-state index < -0.39 is 0 Å². The second-order valence-electron chi connectivity index (χ2n) is 3.74. The molecule has 1 rings (SSSR count). The van der Waals surface area contributed by atoms with Crippen molar-refractivity contribution >= 4 is 12.2 Å². The van der Waals surface area contributed by atoms with Gasteiger partial charge in [-0.1, -0.05) is 26.1 Å². The van der Waals surface area contributed by atoms with E-state index in [1.165, 1.54) is 0 Å². The van der Waals surface area contributed by atoms with Crippen LogP contribution in [0.5, 0.6) is 0 Å². The number of aryl methyl sites for hydroxylation is 1. The summed E-state index contributed by atoms with van der Waals surface area (Å²) in [6, 6.07) is 0. The third-order valence-corrected chi connectivity index (χ3v) is 2.98. The molecule has 0 saturated heterocycles. The van der Waals surface area contributed by atoms with E-state index in [2.05, 4.69) is 23.8 Å². The van der Waals surface area contributed by atoms with Crippen molar-refractivity contribution in [2.24, 2.45) is 0 Å². The predicted molar refractivity (Wildman–Crippen MR) is 68.2 cm³/mol. The molecule has 1 aromatic heterocycles. The van der Waals surface area contributed by atoms with Gasteiger partial charge in [-0.15, -0.1) is 0 Å². The third-order valence-electron chi connectivity index (χ3n) is 2.65. The van der Waals surface area contributed by atoms with Crippen molar-refractivity contribution in [3.63, 3.8) is 0 Å². The van der Waals surface area contributed by atoms with Gasteiger partial charge in [-0.2, -0.15) is 0 Å². The molecule has 4 heteroatoms. The van der Waals surface area contributed by atoms with Crippen molar-refractivity contribution in [2.75, 3.05) is 6.61 Å². The van der Waals surface area contributed by atoms with Gasteiger partial charge < -0.3 is 9.72 Å². The van der Waals surface area contributed by atoms with Crippen LogP contribution in [0, 0.1) is 11.6 Å². The fourth-order valence-corrected chi connectivity index (χ4v) is 2.19. The minimum atomic E-state index is 0.0244. The summed E-state index contributed by atoms with van der Waals surface area (Å²) in [4.78, 5) is 7.73. The summed E-state index contributed by atoms with van der Waals surface area (Å²) in [6.45, 7) is 8.90. The summed E-state index contributed by atoms with van der Waals surface area (Å²) in [7, 11) is 0. The summed E-state index contributed by atoms with van der Waals surface area (Å²) in [5.41, 5.74) is 2.24. The highest BCUT2D eigenvalue weighted by Gasteiger charge is 2.13. The van der Waals surface area contributed by atoms with Crippen molar-refractivity contribution in [1.82, 2.24) is 9.97 Å². The van der Waals surface area contributed by atoms with Crippen LogP contribution in [0.1, 0.15) is 50.4 Å². The minimum Gasteiger partial charge on any atom is -0.371 e. The van der Waals surface area contributed by atoms with Crippen LogP contribution in [0.3, 0.4) is 0 Å². The van der Waals surface area contributed by atoms with Crippen molar-refractivity contribution in [3.8, 4) is 0 Å². The number of aromatic nitrogens is 2. The molecule has 0 spiro atoms. The second-order valence-corrected chi connectivity index (χ2v) is 4.12. The van der Waals surface area contributed by atoms with Crippen LogP contribution in [-0.2, 0) is 11.2 Å². The van der Waals surface area contributed by atoms with Gasteiger partial charge >= 0.3 is 0 Å². The number of H-pyrrole nitrogens is 1. The van der Waals surface area contributed by atoms with Crippen LogP contribution in [0.25, 0.3) is 0 Å². The molecule has 1 N–H and O–H groups in total. The lowest BCUT2D eigenvalue weighted by molar-refractivity contribution is 0.0532. The van der Waals surface area contributed by atoms with Gasteiger partial charge in [-0.3, -0.25) is 0 Å². The van der Waals surface area contributed by atoms with Crippen LogP contribution in [0.4, 0.5) is 0 Å². The van der Waals surface area contributed by atoms with Crippen molar-refractivity contribution in [3.05, 3.63) is 21.7 Å². The molecule has 0 saturated carbocycles. The normalized spacial score (nSPS) is 12.8. The van der Waals surface area contributed by atoms with Crippen LogP contribution in [0.2, 0.25) is 0 Å². The second kappa shape index (κ2) is 6.11. The molecule has 16 heavy (non-hydrogen) atoms. The molecular formula is C12H20N2OS. The molecule has 1 aromatic rings. The molecule has 1 unspecified atom stereocenters. The predicted octanol–water partition coefficient (Wildman–Crippen LogP) is 3.50. The molecule has 0 aliphatic carbocycles. The number of rotatable bonds is 5. The average Bonchev–Trinajstić information content (AvgIpc) is 2.25. The van der Waals surface area contributed by atoms with Crippen LogP contribution in [-0.4, -0.2) is 16.6 Å². The Bertz CT molecular complexity index is 400.